The molecule has 8 nitrogen and oxygen atoms in total. The van der Waals surface area contributed by atoms with Gasteiger partial charge in [0.2, 0.25) is 5.95 Å². The maximum Gasteiger partial charge on any atom is 0.414 e. The van der Waals surface area contributed by atoms with Crippen molar-refractivity contribution >= 4 is 34.1 Å². The third kappa shape index (κ3) is 5.09. The van der Waals surface area contributed by atoms with Crippen LogP contribution in [0, 0.1) is 6.92 Å². The number of morpholine rings is 1. The minimum atomic E-state index is -4.37. The van der Waals surface area contributed by atoms with Gasteiger partial charge in [0.25, 0.3) is 0 Å². The first-order valence-corrected chi connectivity index (χ1v) is 12.6. The Kier molecular flexibility index (Phi) is 6.30. The summed E-state index contributed by atoms with van der Waals surface area (Å²) >= 11 is 0. The fourth-order valence-corrected chi connectivity index (χ4v) is 4.82. The topological polar surface area (TPSA) is 80.5 Å². The van der Waals surface area contributed by atoms with Crippen molar-refractivity contribution in [3.05, 3.63) is 71.6 Å². The molecule has 6 rings (SSSR count). The lowest BCUT2D eigenvalue weighted by Crippen LogP contribution is -2.37. The highest BCUT2D eigenvalue weighted by molar-refractivity contribution is 6.04. The van der Waals surface area contributed by atoms with Gasteiger partial charge >= 0.3 is 6.18 Å². The number of benzene rings is 2. The molecule has 0 atom stereocenters. The average molecular weight is 534 g/mol. The van der Waals surface area contributed by atoms with Gasteiger partial charge in [0.1, 0.15) is 5.82 Å². The Labute approximate surface area is 222 Å². The van der Waals surface area contributed by atoms with Gasteiger partial charge in [-0.05, 0) is 30.7 Å². The number of rotatable bonds is 5. The van der Waals surface area contributed by atoms with Gasteiger partial charge in [-0.1, -0.05) is 24.3 Å². The second-order valence-electron chi connectivity index (χ2n) is 9.59. The molecule has 0 unspecified atom stereocenters. The number of aryl methyl sites for hydroxylation is 2. The van der Waals surface area contributed by atoms with Crippen LogP contribution in [0.5, 0.6) is 0 Å². The van der Waals surface area contributed by atoms with Crippen LogP contribution in [-0.4, -0.2) is 57.9 Å². The van der Waals surface area contributed by atoms with Crippen molar-refractivity contribution in [1.82, 2.24) is 19.7 Å². The van der Waals surface area contributed by atoms with Gasteiger partial charge in [0, 0.05) is 55.5 Å². The molecule has 0 saturated carbocycles. The van der Waals surface area contributed by atoms with E-state index in [-0.39, 0.29) is 6.42 Å². The minimum Gasteiger partial charge on any atom is -0.378 e. The van der Waals surface area contributed by atoms with E-state index in [0.717, 1.165) is 39.7 Å². The first-order valence-electron chi connectivity index (χ1n) is 12.6. The predicted octanol–water partition coefficient (Wildman–Crippen LogP) is 5.56. The number of anilines is 3. The van der Waals surface area contributed by atoms with E-state index in [1.54, 1.807) is 12.1 Å². The van der Waals surface area contributed by atoms with Crippen LogP contribution in [0.25, 0.3) is 22.2 Å². The second-order valence-corrected chi connectivity index (χ2v) is 9.59. The first kappa shape index (κ1) is 25.1. The molecule has 2 aliphatic heterocycles. The van der Waals surface area contributed by atoms with E-state index in [2.05, 4.69) is 32.4 Å². The molecule has 1 fully saturated rings. The number of ether oxygens (including phenoxy) is 1. The number of aliphatic imine (C=N–C) groups is 1. The van der Waals surface area contributed by atoms with Crippen molar-refractivity contribution < 1.29 is 17.9 Å². The van der Waals surface area contributed by atoms with Gasteiger partial charge in [-0.15, -0.1) is 0 Å². The number of alkyl halides is 3. The fraction of sp³-hybridized carbons (Fsp3) is 0.286. The maximum absolute atomic E-state index is 13.0. The number of nitrogens with one attached hydrogen (secondary N) is 1. The molecule has 2 aliphatic rings. The van der Waals surface area contributed by atoms with Crippen molar-refractivity contribution in [3.8, 4) is 11.3 Å². The molecule has 2 aromatic heterocycles. The third-order valence-electron chi connectivity index (χ3n) is 6.93. The molecule has 0 bridgehead atoms. The Bertz CT molecular complexity index is 1600. The highest BCUT2D eigenvalue weighted by Crippen LogP contribution is 2.33. The summed E-state index contributed by atoms with van der Waals surface area (Å²) in [5.74, 6) is 1.21. The Morgan fingerprint density at radius 3 is 2.41 bits per heavy atom. The zero-order valence-electron chi connectivity index (χ0n) is 21.5. The van der Waals surface area contributed by atoms with Gasteiger partial charge in [-0.2, -0.15) is 23.3 Å². The zero-order valence-corrected chi connectivity index (χ0v) is 21.5. The Hall–Kier alpha value is -4.25. The Morgan fingerprint density at radius 2 is 1.69 bits per heavy atom. The van der Waals surface area contributed by atoms with Crippen LogP contribution in [0.4, 0.5) is 30.6 Å². The van der Waals surface area contributed by atoms with Crippen LogP contribution in [0.2, 0.25) is 0 Å². The molecule has 0 spiro atoms. The summed E-state index contributed by atoms with van der Waals surface area (Å²) in [5, 5.41) is 8.95. The van der Waals surface area contributed by atoms with E-state index in [0.29, 0.717) is 49.3 Å². The number of halogens is 3. The molecule has 39 heavy (non-hydrogen) atoms. The van der Waals surface area contributed by atoms with Crippen molar-refractivity contribution in [2.24, 2.45) is 12.0 Å². The quantitative estimate of drug-likeness (QED) is 0.362. The van der Waals surface area contributed by atoms with Gasteiger partial charge in [0.15, 0.2) is 0 Å². The van der Waals surface area contributed by atoms with Crippen molar-refractivity contribution in [1.29, 1.82) is 0 Å². The Morgan fingerprint density at radius 1 is 0.949 bits per heavy atom. The largest absolute Gasteiger partial charge is 0.414 e. The summed E-state index contributed by atoms with van der Waals surface area (Å²) < 4.78 is 46.4. The monoisotopic (exact) mass is 533 g/mol. The molecule has 11 heteroatoms. The molecule has 1 saturated heterocycles. The molecule has 0 aliphatic carbocycles. The third-order valence-corrected chi connectivity index (χ3v) is 6.93. The standard InChI is InChI=1S/C28H26F3N7O/c1-17-22-8-5-19(13-25(22)37(2)36-17)24-15-26(35-27(34-24)38-9-11-39-12-10-38)33-21-6-3-18(4-7-21)23-14-20(16-32-23)28(29,30)31/h3-8,13,15-16H,9-12,14H2,1-2H3,(H,33,34,35). The summed E-state index contributed by atoms with van der Waals surface area (Å²) in [6.07, 6.45) is -3.69. The Balaban J connectivity index is 1.29. The SMILES string of the molecule is Cc1nn(C)c2cc(-c3cc(Nc4ccc(C5=NC=C(C(F)(F)F)C5)cc4)nc(N4CCOCC4)n3)ccc12. The van der Waals surface area contributed by atoms with Crippen LogP contribution in [0.1, 0.15) is 17.7 Å². The van der Waals surface area contributed by atoms with E-state index in [1.165, 1.54) is 0 Å². The van der Waals surface area contributed by atoms with Gasteiger partial charge in [-0.3, -0.25) is 9.67 Å². The molecule has 0 radical (unpaired) electrons. The number of hydrogen-bond donors (Lipinski definition) is 1. The predicted molar refractivity (Wildman–Crippen MR) is 145 cm³/mol. The summed E-state index contributed by atoms with van der Waals surface area (Å²) in [6, 6.07) is 15.2. The molecule has 4 aromatic rings. The van der Waals surface area contributed by atoms with Crippen molar-refractivity contribution in [3.63, 3.8) is 0 Å². The average Bonchev–Trinajstić information content (AvgIpc) is 3.54. The van der Waals surface area contributed by atoms with Crippen LogP contribution in [-0.2, 0) is 11.8 Å². The lowest BCUT2D eigenvalue weighted by atomic mass is 10.0. The van der Waals surface area contributed by atoms with Gasteiger partial charge < -0.3 is 15.0 Å². The number of allylic oxidation sites excluding steroid dienone is 1. The van der Waals surface area contributed by atoms with E-state index in [9.17, 15) is 13.2 Å². The number of aromatic nitrogens is 4. The van der Waals surface area contributed by atoms with E-state index in [1.807, 2.05) is 42.9 Å². The lowest BCUT2D eigenvalue weighted by molar-refractivity contribution is -0.0922. The molecular formula is C28H26F3N7O. The first-order chi connectivity index (χ1) is 18.7. The van der Waals surface area contributed by atoms with E-state index in [4.69, 9.17) is 14.7 Å². The lowest BCUT2D eigenvalue weighted by Gasteiger charge is -2.27. The van der Waals surface area contributed by atoms with Crippen molar-refractivity contribution in [2.75, 3.05) is 36.5 Å². The van der Waals surface area contributed by atoms with Crippen LogP contribution >= 0.6 is 0 Å². The summed E-state index contributed by atoms with van der Waals surface area (Å²) in [6.45, 7) is 4.57. The molecule has 2 aromatic carbocycles. The molecule has 200 valence electrons. The number of hydrogen-bond acceptors (Lipinski definition) is 7. The van der Waals surface area contributed by atoms with Crippen LogP contribution < -0.4 is 10.2 Å². The summed E-state index contributed by atoms with van der Waals surface area (Å²) in [7, 11) is 1.92. The zero-order chi connectivity index (χ0) is 27.1. The normalized spacial score (nSPS) is 16.0. The van der Waals surface area contributed by atoms with Crippen molar-refractivity contribution in [2.45, 2.75) is 19.5 Å². The van der Waals surface area contributed by atoms with Crippen LogP contribution in [0.3, 0.4) is 0 Å². The van der Waals surface area contributed by atoms with E-state index >= 15 is 0 Å². The molecule has 0 amide bonds. The van der Waals surface area contributed by atoms with Gasteiger partial charge in [-0.25, -0.2) is 4.98 Å². The fourth-order valence-electron chi connectivity index (χ4n) is 4.82. The number of nitrogens with zero attached hydrogens (tertiary/aromatic N) is 6. The second kappa shape index (κ2) is 9.81. The summed E-state index contributed by atoms with van der Waals surface area (Å²) in [4.78, 5) is 15.7. The smallest absolute Gasteiger partial charge is 0.378 e. The van der Waals surface area contributed by atoms with E-state index < -0.39 is 11.7 Å². The molecule has 4 heterocycles. The molecular weight excluding hydrogens is 507 g/mol. The maximum atomic E-state index is 13.0. The van der Waals surface area contributed by atoms with Gasteiger partial charge in [0.05, 0.1) is 41.4 Å². The molecule has 1 N–H and O–H groups in total. The minimum absolute atomic E-state index is 0.227. The summed E-state index contributed by atoms with van der Waals surface area (Å²) in [5.41, 5.74) is 4.84. The van der Waals surface area contributed by atoms with Crippen LogP contribution in [0.15, 0.2) is 65.3 Å². The number of fused-ring (bicyclic) bond motifs is 1. The highest BCUT2D eigenvalue weighted by Gasteiger charge is 2.36. The highest BCUT2D eigenvalue weighted by atomic mass is 19.4.